The molecule has 0 fully saturated rings. The van der Waals surface area contributed by atoms with Gasteiger partial charge in [-0.15, -0.1) is 0 Å². The van der Waals surface area contributed by atoms with E-state index in [2.05, 4.69) is 0 Å². The molecular formula is C16H10ClF3O2. The Bertz CT molecular complexity index is 719. The van der Waals surface area contributed by atoms with Crippen molar-refractivity contribution in [2.45, 2.75) is 6.18 Å². The van der Waals surface area contributed by atoms with E-state index in [1.54, 1.807) is 18.2 Å². The van der Waals surface area contributed by atoms with Crippen LogP contribution in [-0.2, 0) is 11.0 Å². The molecule has 2 aromatic rings. The van der Waals surface area contributed by atoms with Gasteiger partial charge in [0.1, 0.15) is 0 Å². The quantitative estimate of drug-likeness (QED) is 0.794. The predicted octanol–water partition coefficient (Wildman–Crippen LogP) is 5.12. The molecule has 0 atom stereocenters. The lowest BCUT2D eigenvalue weighted by Gasteiger charge is -2.11. The number of benzene rings is 2. The first-order chi connectivity index (χ1) is 10.3. The van der Waals surface area contributed by atoms with E-state index in [-0.39, 0.29) is 0 Å². The monoisotopic (exact) mass is 326 g/mol. The summed E-state index contributed by atoms with van der Waals surface area (Å²) < 4.78 is 37.8. The fraction of sp³-hybridized carbons (Fsp3) is 0.0625. The Kier molecular flexibility index (Phi) is 4.56. The first kappa shape index (κ1) is 16.1. The van der Waals surface area contributed by atoms with E-state index in [1.165, 1.54) is 18.2 Å². The molecule has 22 heavy (non-hydrogen) atoms. The van der Waals surface area contributed by atoms with Crippen LogP contribution in [0.4, 0.5) is 13.2 Å². The molecule has 0 amide bonds. The van der Waals surface area contributed by atoms with Crippen LogP contribution in [0.15, 0.2) is 48.5 Å². The lowest BCUT2D eigenvalue weighted by atomic mass is 9.98. The smallest absolute Gasteiger partial charge is 0.416 e. The Labute approximate surface area is 129 Å². The van der Waals surface area contributed by atoms with Crippen molar-refractivity contribution < 1.29 is 23.1 Å². The maximum Gasteiger partial charge on any atom is 0.416 e. The second-order valence-electron chi connectivity index (χ2n) is 4.45. The topological polar surface area (TPSA) is 37.3 Å². The summed E-state index contributed by atoms with van der Waals surface area (Å²) in [5.74, 6) is -1.13. The van der Waals surface area contributed by atoms with E-state index in [9.17, 15) is 18.0 Å². The van der Waals surface area contributed by atoms with Crippen LogP contribution < -0.4 is 0 Å². The minimum Gasteiger partial charge on any atom is -0.478 e. The molecule has 0 saturated heterocycles. The van der Waals surface area contributed by atoms with Crippen molar-refractivity contribution in [1.82, 2.24) is 0 Å². The Morgan fingerprint density at radius 2 is 1.73 bits per heavy atom. The molecule has 0 aliphatic heterocycles. The van der Waals surface area contributed by atoms with Gasteiger partial charge in [0.25, 0.3) is 0 Å². The van der Waals surface area contributed by atoms with Crippen molar-refractivity contribution in [2.75, 3.05) is 0 Å². The van der Waals surface area contributed by atoms with Gasteiger partial charge in [0, 0.05) is 16.7 Å². The first-order valence-corrected chi connectivity index (χ1v) is 6.54. The summed E-state index contributed by atoms with van der Waals surface area (Å²) in [4.78, 5) is 10.6. The van der Waals surface area contributed by atoms with Gasteiger partial charge in [-0.1, -0.05) is 35.9 Å². The lowest BCUT2D eigenvalue weighted by molar-refractivity contribution is -0.137. The average molecular weight is 327 g/mol. The molecule has 0 aromatic heterocycles. The number of rotatable bonds is 3. The molecule has 0 saturated carbocycles. The van der Waals surface area contributed by atoms with E-state index in [0.717, 1.165) is 18.2 Å². The maximum absolute atomic E-state index is 12.6. The van der Waals surface area contributed by atoms with E-state index >= 15 is 0 Å². The van der Waals surface area contributed by atoms with Crippen molar-refractivity contribution in [2.24, 2.45) is 0 Å². The highest BCUT2D eigenvalue weighted by atomic mass is 35.5. The third kappa shape index (κ3) is 3.68. The highest BCUT2D eigenvalue weighted by Gasteiger charge is 2.30. The molecule has 6 heteroatoms. The molecular weight excluding hydrogens is 317 g/mol. The largest absolute Gasteiger partial charge is 0.478 e. The van der Waals surface area contributed by atoms with Crippen molar-refractivity contribution >= 4 is 23.6 Å². The third-order valence-electron chi connectivity index (χ3n) is 2.95. The molecule has 0 aliphatic carbocycles. The van der Waals surface area contributed by atoms with E-state index < -0.39 is 17.7 Å². The minimum atomic E-state index is -4.41. The SMILES string of the molecule is O=C(O)/C=C/c1cccc(Cl)c1-c1ccc(C(F)(F)F)cc1. The summed E-state index contributed by atoms with van der Waals surface area (Å²) >= 11 is 6.11. The number of aliphatic carboxylic acids is 1. The highest BCUT2D eigenvalue weighted by Crippen LogP contribution is 2.35. The highest BCUT2D eigenvalue weighted by molar-refractivity contribution is 6.33. The van der Waals surface area contributed by atoms with Gasteiger partial charge in [-0.05, 0) is 35.4 Å². The molecule has 0 radical (unpaired) electrons. The Morgan fingerprint density at radius 1 is 1.09 bits per heavy atom. The average Bonchev–Trinajstić information content (AvgIpc) is 2.44. The zero-order chi connectivity index (χ0) is 16.3. The van der Waals surface area contributed by atoms with Crippen LogP contribution in [0.5, 0.6) is 0 Å². The molecule has 0 heterocycles. The van der Waals surface area contributed by atoms with Crippen LogP contribution in [0.3, 0.4) is 0 Å². The normalized spacial score (nSPS) is 11.8. The van der Waals surface area contributed by atoms with Crippen LogP contribution in [0.1, 0.15) is 11.1 Å². The Hall–Kier alpha value is -2.27. The van der Waals surface area contributed by atoms with Gasteiger partial charge < -0.3 is 5.11 Å². The summed E-state index contributed by atoms with van der Waals surface area (Å²) in [7, 11) is 0. The van der Waals surface area contributed by atoms with Crippen LogP contribution in [0.2, 0.25) is 5.02 Å². The van der Waals surface area contributed by atoms with Gasteiger partial charge in [-0.25, -0.2) is 4.79 Å². The van der Waals surface area contributed by atoms with Crippen LogP contribution in [-0.4, -0.2) is 11.1 Å². The van der Waals surface area contributed by atoms with Crippen molar-refractivity contribution in [3.05, 3.63) is 64.7 Å². The standard InChI is InChI=1S/C16H10ClF3O2/c17-13-3-1-2-10(6-9-14(21)22)15(13)11-4-7-12(8-5-11)16(18,19)20/h1-9H,(H,21,22)/b9-6+. The van der Waals surface area contributed by atoms with E-state index in [1.807, 2.05) is 0 Å². The van der Waals surface area contributed by atoms with Crippen LogP contribution in [0.25, 0.3) is 17.2 Å². The van der Waals surface area contributed by atoms with Crippen molar-refractivity contribution in [1.29, 1.82) is 0 Å². The Morgan fingerprint density at radius 3 is 2.27 bits per heavy atom. The second-order valence-corrected chi connectivity index (χ2v) is 4.86. The number of halogens is 4. The van der Waals surface area contributed by atoms with Gasteiger partial charge in [0.2, 0.25) is 0 Å². The number of hydrogen-bond donors (Lipinski definition) is 1. The zero-order valence-electron chi connectivity index (χ0n) is 11.1. The van der Waals surface area contributed by atoms with Gasteiger partial charge in [0.05, 0.1) is 5.56 Å². The summed E-state index contributed by atoms with van der Waals surface area (Å²) in [5.41, 5.74) is 0.708. The number of carbonyl (C=O) groups is 1. The van der Waals surface area contributed by atoms with Gasteiger partial charge >= 0.3 is 12.1 Å². The number of carboxylic acid groups (broad SMARTS) is 1. The molecule has 2 aromatic carbocycles. The fourth-order valence-electron chi connectivity index (χ4n) is 1.97. The predicted molar refractivity (Wildman–Crippen MR) is 78.6 cm³/mol. The summed E-state index contributed by atoms with van der Waals surface area (Å²) in [6, 6.07) is 9.40. The molecule has 0 bridgehead atoms. The van der Waals surface area contributed by atoms with E-state index in [4.69, 9.17) is 16.7 Å². The number of hydrogen-bond acceptors (Lipinski definition) is 1. The lowest BCUT2D eigenvalue weighted by Crippen LogP contribution is -2.04. The number of alkyl halides is 3. The van der Waals surface area contributed by atoms with E-state index in [0.29, 0.717) is 21.7 Å². The molecule has 0 aliphatic rings. The van der Waals surface area contributed by atoms with Gasteiger partial charge in [-0.2, -0.15) is 13.2 Å². The summed E-state index contributed by atoms with van der Waals surface area (Å²) in [6.45, 7) is 0. The molecule has 2 nitrogen and oxygen atoms in total. The van der Waals surface area contributed by atoms with Gasteiger partial charge in [-0.3, -0.25) is 0 Å². The van der Waals surface area contributed by atoms with Crippen molar-refractivity contribution in [3.63, 3.8) is 0 Å². The first-order valence-electron chi connectivity index (χ1n) is 6.16. The molecule has 0 spiro atoms. The maximum atomic E-state index is 12.6. The van der Waals surface area contributed by atoms with Crippen LogP contribution >= 0.6 is 11.6 Å². The molecule has 2 rings (SSSR count). The molecule has 114 valence electrons. The second kappa shape index (κ2) is 6.23. The Balaban J connectivity index is 2.50. The summed E-state index contributed by atoms with van der Waals surface area (Å²) in [6.07, 6.45) is -2.12. The zero-order valence-corrected chi connectivity index (χ0v) is 11.8. The molecule has 1 N–H and O–H groups in total. The van der Waals surface area contributed by atoms with Crippen LogP contribution in [0, 0.1) is 0 Å². The van der Waals surface area contributed by atoms with Gasteiger partial charge in [0.15, 0.2) is 0 Å². The number of carboxylic acids is 1. The summed E-state index contributed by atoms with van der Waals surface area (Å²) in [5, 5.41) is 9.01. The fourth-order valence-corrected chi connectivity index (χ4v) is 2.26. The minimum absolute atomic E-state index is 0.326. The molecule has 0 unspecified atom stereocenters. The van der Waals surface area contributed by atoms with Crippen molar-refractivity contribution in [3.8, 4) is 11.1 Å². The third-order valence-corrected chi connectivity index (χ3v) is 3.27.